The highest BCUT2D eigenvalue weighted by Crippen LogP contribution is 2.25. The van der Waals surface area contributed by atoms with E-state index in [2.05, 4.69) is 10.3 Å². The Kier molecular flexibility index (Phi) is 4.41. The van der Waals surface area contributed by atoms with Crippen molar-refractivity contribution in [1.82, 2.24) is 4.98 Å². The highest BCUT2D eigenvalue weighted by molar-refractivity contribution is 7.92. The number of fused-ring (bicyclic) bond motifs is 1. The molecule has 0 aliphatic heterocycles. The fourth-order valence-corrected chi connectivity index (χ4v) is 3.03. The van der Waals surface area contributed by atoms with Gasteiger partial charge in [-0.15, -0.1) is 0 Å². The van der Waals surface area contributed by atoms with Crippen molar-refractivity contribution in [3.8, 4) is 0 Å². The molecule has 25 heavy (non-hydrogen) atoms. The van der Waals surface area contributed by atoms with Gasteiger partial charge in [0.05, 0.1) is 28.7 Å². The zero-order chi connectivity index (χ0) is 18.0. The van der Waals surface area contributed by atoms with Gasteiger partial charge in [-0.25, -0.2) is 8.42 Å². The van der Waals surface area contributed by atoms with E-state index in [1.54, 1.807) is 36.5 Å². The Morgan fingerprint density at radius 3 is 2.52 bits per heavy atom. The fraction of sp³-hybridized carbons (Fsp3) is 0.111. The standard InChI is InChI=1S/C18H17N3O3S/c1-21(25(2,23)24)16-11-4-3-9-14(16)18(22)20-15-10-5-7-13-8-6-12-19-17(13)15/h3-12H,1-2H3,(H,20,22). The third-order valence-corrected chi connectivity index (χ3v) is 5.06. The highest BCUT2D eigenvalue weighted by atomic mass is 32.2. The number of rotatable bonds is 4. The van der Waals surface area contributed by atoms with E-state index >= 15 is 0 Å². The van der Waals surface area contributed by atoms with Gasteiger partial charge in [-0.1, -0.05) is 30.3 Å². The Morgan fingerprint density at radius 1 is 1.04 bits per heavy atom. The lowest BCUT2D eigenvalue weighted by Crippen LogP contribution is -2.27. The van der Waals surface area contributed by atoms with Crippen molar-refractivity contribution in [2.24, 2.45) is 0 Å². The molecule has 2 aromatic carbocycles. The summed E-state index contributed by atoms with van der Waals surface area (Å²) in [4.78, 5) is 17.1. The summed E-state index contributed by atoms with van der Waals surface area (Å²) in [6.45, 7) is 0. The van der Waals surface area contributed by atoms with E-state index < -0.39 is 15.9 Å². The molecule has 0 bridgehead atoms. The Morgan fingerprint density at radius 2 is 1.76 bits per heavy atom. The molecule has 3 rings (SSSR count). The van der Waals surface area contributed by atoms with E-state index in [0.717, 1.165) is 15.9 Å². The number of aromatic nitrogens is 1. The van der Waals surface area contributed by atoms with Crippen LogP contribution in [-0.2, 0) is 10.0 Å². The SMILES string of the molecule is CN(c1ccccc1C(=O)Nc1cccc2cccnc12)S(C)(=O)=O. The number of carbonyl (C=O) groups excluding carboxylic acids is 1. The minimum Gasteiger partial charge on any atom is -0.320 e. The van der Waals surface area contributed by atoms with Crippen LogP contribution in [-0.4, -0.2) is 32.6 Å². The Balaban J connectivity index is 2.00. The van der Waals surface area contributed by atoms with E-state index in [4.69, 9.17) is 0 Å². The number of carbonyl (C=O) groups is 1. The molecular formula is C18H17N3O3S. The third kappa shape index (κ3) is 3.46. The molecular weight excluding hydrogens is 338 g/mol. The van der Waals surface area contributed by atoms with Gasteiger partial charge in [0, 0.05) is 18.6 Å². The van der Waals surface area contributed by atoms with Crippen LogP contribution in [0.1, 0.15) is 10.4 Å². The average molecular weight is 355 g/mol. The summed E-state index contributed by atoms with van der Waals surface area (Å²) in [6, 6.07) is 15.8. The van der Waals surface area contributed by atoms with Gasteiger partial charge in [0.2, 0.25) is 10.0 Å². The molecule has 6 nitrogen and oxygen atoms in total. The van der Waals surface area contributed by atoms with Crippen molar-refractivity contribution >= 4 is 38.2 Å². The van der Waals surface area contributed by atoms with Crippen LogP contribution in [0.4, 0.5) is 11.4 Å². The molecule has 128 valence electrons. The molecule has 0 fully saturated rings. The minimum absolute atomic E-state index is 0.267. The van der Waals surface area contributed by atoms with Crippen molar-refractivity contribution in [3.63, 3.8) is 0 Å². The van der Waals surface area contributed by atoms with E-state index in [0.29, 0.717) is 16.9 Å². The number of nitrogens with one attached hydrogen (secondary N) is 1. The molecule has 0 saturated heterocycles. The van der Waals surface area contributed by atoms with Gasteiger partial charge in [-0.3, -0.25) is 14.1 Å². The lowest BCUT2D eigenvalue weighted by molar-refractivity contribution is 0.102. The van der Waals surface area contributed by atoms with Crippen molar-refractivity contribution in [3.05, 3.63) is 66.4 Å². The number of nitrogens with zero attached hydrogens (tertiary/aromatic N) is 2. The summed E-state index contributed by atoms with van der Waals surface area (Å²) in [5, 5.41) is 3.73. The monoisotopic (exact) mass is 355 g/mol. The van der Waals surface area contributed by atoms with Crippen LogP contribution >= 0.6 is 0 Å². The second-order valence-electron chi connectivity index (χ2n) is 5.58. The van der Waals surface area contributed by atoms with Gasteiger partial charge in [0.25, 0.3) is 5.91 Å². The van der Waals surface area contributed by atoms with Crippen LogP contribution in [0, 0.1) is 0 Å². The lowest BCUT2D eigenvalue weighted by atomic mass is 10.1. The van der Waals surface area contributed by atoms with E-state index in [-0.39, 0.29) is 5.56 Å². The maximum atomic E-state index is 12.7. The van der Waals surface area contributed by atoms with Crippen LogP contribution < -0.4 is 9.62 Å². The van der Waals surface area contributed by atoms with Crippen molar-refractivity contribution in [1.29, 1.82) is 0 Å². The average Bonchev–Trinajstić information content (AvgIpc) is 2.60. The summed E-state index contributed by atoms with van der Waals surface area (Å²) in [5.41, 5.74) is 1.83. The molecule has 1 aromatic heterocycles. The second kappa shape index (κ2) is 6.52. The van der Waals surface area contributed by atoms with Gasteiger partial charge < -0.3 is 5.32 Å². The van der Waals surface area contributed by atoms with Crippen LogP contribution in [0.5, 0.6) is 0 Å². The third-order valence-electron chi connectivity index (χ3n) is 3.87. The number of sulfonamides is 1. The molecule has 7 heteroatoms. The first-order valence-electron chi connectivity index (χ1n) is 7.56. The number of anilines is 2. The van der Waals surface area contributed by atoms with Crippen molar-refractivity contribution in [2.45, 2.75) is 0 Å². The lowest BCUT2D eigenvalue weighted by Gasteiger charge is -2.20. The van der Waals surface area contributed by atoms with Crippen LogP contribution in [0.15, 0.2) is 60.8 Å². The molecule has 1 heterocycles. The Bertz CT molecular complexity index is 1040. The van der Waals surface area contributed by atoms with E-state index in [9.17, 15) is 13.2 Å². The van der Waals surface area contributed by atoms with Crippen molar-refractivity contribution in [2.75, 3.05) is 22.9 Å². The number of pyridine rings is 1. The summed E-state index contributed by atoms with van der Waals surface area (Å²) in [6.07, 6.45) is 2.75. The van der Waals surface area contributed by atoms with Crippen LogP contribution in [0.3, 0.4) is 0 Å². The van der Waals surface area contributed by atoms with Gasteiger partial charge in [-0.05, 0) is 24.3 Å². The first-order valence-corrected chi connectivity index (χ1v) is 9.41. The molecule has 0 unspecified atom stereocenters. The van der Waals surface area contributed by atoms with E-state index in [1.807, 2.05) is 24.3 Å². The molecule has 1 amide bonds. The van der Waals surface area contributed by atoms with Gasteiger partial charge in [0.1, 0.15) is 0 Å². The molecule has 0 aliphatic carbocycles. The molecule has 0 radical (unpaired) electrons. The molecule has 0 spiro atoms. The fourth-order valence-electron chi connectivity index (χ4n) is 2.51. The number of para-hydroxylation sites is 2. The zero-order valence-corrected chi connectivity index (χ0v) is 14.6. The topological polar surface area (TPSA) is 79.4 Å². The van der Waals surface area contributed by atoms with Gasteiger partial charge in [0.15, 0.2) is 0 Å². The summed E-state index contributed by atoms with van der Waals surface area (Å²) < 4.78 is 24.7. The minimum atomic E-state index is -3.48. The van der Waals surface area contributed by atoms with Gasteiger partial charge in [-0.2, -0.15) is 0 Å². The smallest absolute Gasteiger partial charge is 0.257 e. The largest absolute Gasteiger partial charge is 0.320 e. The molecule has 1 N–H and O–H groups in total. The highest BCUT2D eigenvalue weighted by Gasteiger charge is 2.20. The molecule has 0 aliphatic rings. The number of benzene rings is 2. The predicted molar refractivity (Wildman–Crippen MR) is 99.4 cm³/mol. The Hall–Kier alpha value is -2.93. The summed E-state index contributed by atoms with van der Waals surface area (Å²) in [7, 11) is -2.06. The van der Waals surface area contributed by atoms with Gasteiger partial charge >= 0.3 is 0 Å². The van der Waals surface area contributed by atoms with E-state index in [1.165, 1.54) is 7.05 Å². The number of amides is 1. The normalized spacial score (nSPS) is 11.3. The summed E-state index contributed by atoms with van der Waals surface area (Å²) >= 11 is 0. The Labute approximate surface area is 146 Å². The molecule has 0 atom stereocenters. The zero-order valence-electron chi connectivity index (χ0n) is 13.8. The maximum Gasteiger partial charge on any atom is 0.257 e. The predicted octanol–water partition coefficient (Wildman–Crippen LogP) is 2.88. The number of hydrogen-bond acceptors (Lipinski definition) is 4. The summed E-state index contributed by atoms with van der Waals surface area (Å²) in [5.74, 6) is -0.399. The van der Waals surface area contributed by atoms with Crippen LogP contribution in [0.25, 0.3) is 10.9 Å². The first-order chi connectivity index (χ1) is 11.9. The quantitative estimate of drug-likeness (QED) is 0.780. The van der Waals surface area contributed by atoms with Crippen LogP contribution in [0.2, 0.25) is 0 Å². The van der Waals surface area contributed by atoms with Crippen molar-refractivity contribution < 1.29 is 13.2 Å². The maximum absolute atomic E-state index is 12.7. The number of hydrogen-bond donors (Lipinski definition) is 1. The second-order valence-corrected chi connectivity index (χ2v) is 7.60. The molecule has 3 aromatic rings. The molecule has 0 saturated carbocycles. The first kappa shape index (κ1) is 16.9.